The summed E-state index contributed by atoms with van der Waals surface area (Å²) in [7, 11) is -5.02. The molecule has 1 unspecified atom stereocenters. The number of hydrogen-bond acceptors (Lipinski definition) is 5. The van der Waals surface area contributed by atoms with E-state index in [2.05, 4.69) is 4.98 Å². The van der Waals surface area contributed by atoms with Crippen LogP contribution in [0.2, 0.25) is 0 Å². The molecular weight excluding hydrogens is 415 g/mol. The van der Waals surface area contributed by atoms with Crippen molar-refractivity contribution in [3.8, 4) is 11.3 Å². The molecule has 0 spiro atoms. The summed E-state index contributed by atoms with van der Waals surface area (Å²) in [5.41, 5.74) is 2.79. The summed E-state index contributed by atoms with van der Waals surface area (Å²) in [5, 5.41) is 13.7. The average Bonchev–Trinajstić information content (AvgIpc) is 3.32. The van der Waals surface area contributed by atoms with Crippen molar-refractivity contribution >= 4 is 32.5 Å². The van der Waals surface area contributed by atoms with Crippen molar-refractivity contribution in [3.63, 3.8) is 0 Å². The Morgan fingerprint density at radius 3 is 2.45 bits per heavy atom. The van der Waals surface area contributed by atoms with Crippen LogP contribution in [0.3, 0.4) is 0 Å². The largest absolute Gasteiger partial charge is 0.354 e. The molecule has 0 saturated heterocycles. The zero-order valence-electron chi connectivity index (χ0n) is 14.9. The molecule has 0 aliphatic rings. The second kappa shape index (κ2) is 7.41. The number of benzene rings is 2. The van der Waals surface area contributed by atoms with Gasteiger partial charge in [0.1, 0.15) is 4.90 Å². The maximum Gasteiger partial charge on any atom is 0.333 e. The Bertz CT molecular complexity index is 1300. The first kappa shape index (κ1) is 19.3. The number of aromatic amines is 1. The lowest BCUT2D eigenvalue weighted by molar-refractivity contribution is -0.481. The van der Waals surface area contributed by atoms with Crippen molar-refractivity contribution < 1.29 is 17.2 Å². The third-order valence-electron chi connectivity index (χ3n) is 4.73. The first-order chi connectivity index (χ1) is 13.9. The van der Waals surface area contributed by atoms with E-state index >= 15 is 0 Å². The van der Waals surface area contributed by atoms with E-state index in [9.17, 15) is 22.4 Å². The molecule has 1 N–H and O–H groups in total. The number of H-pyrrole nitrogens is 1. The summed E-state index contributed by atoms with van der Waals surface area (Å²) >= 11 is 1.000. The topological polar surface area (TPSA) is 93.1 Å². The minimum Gasteiger partial charge on any atom is -0.354 e. The van der Waals surface area contributed by atoms with Crippen LogP contribution >= 0.6 is 11.3 Å². The van der Waals surface area contributed by atoms with E-state index in [1.807, 2.05) is 48.5 Å². The summed E-state index contributed by atoms with van der Waals surface area (Å²) < 4.78 is 37.2. The molecule has 0 radical (unpaired) electrons. The van der Waals surface area contributed by atoms with Crippen molar-refractivity contribution in [1.29, 1.82) is 0 Å². The second-order valence-electron chi connectivity index (χ2n) is 6.48. The van der Waals surface area contributed by atoms with Gasteiger partial charge in [0.2, 0.25) is 6.54 Å². The fourth-order valence-electron chi connectivity index (χ4n) is 3.58. The molecule has 148 valence electrons. The lowest BCUT2D eigenvalue weighted by Gasteiger charge is -2.15. The average molecular weight is 430 g/mol. The smallest absolute Gasteiger partial charge is 0.333 e. The molecule has 0 bridgehead atoms. The van der Waals surface area contributed by atoms with Gasteiger partial charge < -0.3 is 4.98 Å². The highest BCUT2D eigenvalue weighted by Gasteiger charge is 2.33. The van der Waals surface area contributed by atoms with E-state index < -0.39 is 32.5 Å². The van der Waals surface area contributed by atoms with Crippen molar-refractivity contribution in [2.45, 2.75) is 10.8 Å². The zero-order valence-corrected chi connectivity index (χ0v) is 16.5. The predicted octanol–water partition coefficient (Wildman–Crippen LogP) is 4.96. The Morgan fingerprint density at radius 1 is 1.07 bits per heavy atom. The molecule has 1 atom stereocenters. The van der Waals surface area contributed by atoms with Gasteiger partial charge in [-0.15, -0.1) is 15.2 Å². The summed E-state index contributed by atoms with van der Waals surface area (Å²) in [4.78, 5) is 13.9. The third kappa shape index (κ3) is 3.66. The fourth-order valence-corrected chi connectivity index (χ4v) is 5.61. The number of aromatic nitrogens is 1. The number of para-hydroxylation sites is 1. The molecule has 0 aliphatic heterocycles. The van der Waals surface area contributed by atoms with Gasteiger partial charge in [-0.05, 0) is 23.1 Å². The van der Waals surface area contributed by atoms with Crippen LogP contribution in [0, 0.1) is 10.1 Å². The van der Waals surface area contributed by atoms with Crippen LogP contribution in [-0.2, 0) is 10.2 Å². The standard InChI is InChI=1S/C20H15FN2O4S2/c21-29(26,27)17-10-11-28-20(17)15(12-23(24)25)18-14-8-4-5-9-16(14)22-19(18)13-6-2-1-3-7-13/h1-11,15,22H,12H2. The SMILES string of the molecule is O=[N+]([O-])CC(c1sccc1S(=O)(=O)F)c1c(-c2ccccc2)[nH]c2ccccc12. The Labute approximate surface area is 170 Å². The minimum atomic E-state index is -5.02. The van der Waals surface area contributed by atoms with Gasteiger partial charge in [-0.25, -0.2) is 0 Å². The second-order valence-corrected chi connectivity index (χ2v) is 8.74. The molecule has 0 amide bonds. The van der Waals surface area contributed by atoms with Gasteiger partial charge in [0, 0.05) is 26.3 Å². The monoisotopic (exact) mass is 430 g/mol. The molecule has 4 rings (SSSR count). The molecule has 2 aromatic carbocycles. The van der Waals surface area contributed by atoms with Crippen LogP contribution in [0.4, 0.5) is 3.89 Å². The van der Waals surface area contributed by atoms with Gasteiger partial charge in [0.15, 0.2) is 0 Å². The van der Waals surface area contributed by atoms with E-state index in [0.29, 0.717) is 11.3 Å². The van der Waals surface area contributed by atoms with Crippen molar-refractivity contribution in [2.75, 3.05) is 6.54 Å². The highest BCUT2D eigenvalue weighted by molar-refractivity contribution is 7.86. The maximum absolute atomic E-state index is 13.9. The first-order valence-corrected chi connectivity index (χ1v) is 10.9. The molecule has 6 nitrogen and oxygen atoms in total. The number of nitrogens with zero attached hydrogens (tertiary/aromatic N) is 1. The maximum atomic E-state index is 13.9. The summed E-state index contributed by atoms with van der Waals surface area (Å²) in [6.07, 6.45) is 0. The van der Waals surface area contributed by atoms with Crippen LogP contribution in [0.25, 0.3) is 22.2 Å². The quantitative estimate of drug-likeness (QED) is 0.266. The van der Waals surface area contributed by atoms with Crippen LogP contribution in [0.5, 0.6) is 0 Å². The number of rotatable bonds is 6. The number of nitro groups is 1. The van der Waals surface area contributed by atoms with Crippen molar-refractivity contribution in [1.82, 2.24) is 4.98 Å². The van der Waals surface area contributed by atoms with Crippen LogP contribution in [-0.4, -0.2) is 24.9 Å². The first-order valence-electron chi connectivity index (χ1n) is 8.66. The van der Waals surface area contributed by atoms with Crippen molar-refractivity contribution in [3.05, 3.63) is 86.6 Å². The molecule has 29 heavy (non-hydrogen) atoms. The number of fused-ring (bicyclic) bond motifs is 1. The Kier molecular flexibility index (Phi) is 4.93. The molecule has 2 heterocycles. The van der Waals surface area contributed by atoms with Gasteiger partial charge in [-0.2, -0.15) is 8.42 Å². The molecule has 9 heteroatoms. The lowest BCUT2D eigenvalue weighted by Crippen LogP contribution is -2.15. The molecule has 4 aromatic rings. The molecule has 0 aliphatic carbocycles. The van der Waals surface area contributed by atoms with E-state index in [1.165, 1.54) is 5.38 Å². The number of hydrogen-bond donors (Lipinski definition) is 1. The highest BCUT2D eigenvalue weighted by atomic mass is 32.3. The Balaban J connectivity index is 2.04. The Morgan fingerprint density at radius 2 is 1.76 bits per heavy atom. The van der Waals surface area contributed by atoms with E-state index in [4.69, 9.17) is 0 Å². The van der Waals surface area contributed by atoms with Crippen LogP contribution < -0.4 is 0 Å². The number of nitrogens with one attached hydrogen (secondary N) is 1. The van der Waals surface area contributed by atoms with Gasteiger partial charge >= 0.3 is 10.2 Å². The zero-order chi connectivity index (χ0) is 20.6. The Hall–Kier alpha value is -3.04. The van der Waals surface area contributed by atoms with E-state index in [-0.39, 0.29) is 4.88 Å². The van der Waals surface area contributed by atoms with Crippen molar-refractivity contribution in [2.24, 2.45) is 0 Å². The van der Waals surface area contributed by atoms with Gasteiger partial charge in [-0.3, -0.25) is 10.1 Å². The lowest BCUT2D eigenvalue weighted by atomic mass is 9.92. The third-order valence-corrected chi connectivity index (χ3v) is 6.77. The normalized spacial score (nSPS) is 12.9. The van der Waals surface area contributed by atoms with Crippen LogP contribution in [0.1, 0.15) is 16.4 Å². The van der Waals surface area contributed by atoms with Gasteiger partial charge in [0.25, 0.3) is 0 Å². The van der Waals surface area contributed by atoms with Gasteiger partial charge in [0.05, 0.1) is 11.6 Å². The van der Waals surface area contributed by atoms with Gasteiger partial charge in [-0.1, -0.05) is 48.5 Å². The fraction of sp³-hybridized carbons (Fsp3) is 0.100. The van der Waals surface area contributed by atoms with E-state index in [0.717, 1.165) is 33.9 Å². The summed E-state index contributed by atoms with van der Waals surface area (Å²) in [5.74, 6) is -0.933. The molecule has 0 saturated carbocycles. The summed E-state index contributed by atoms with van der Waals surface area (Å²) in [6, 6.07) is 17.7. The minimum absolute atomic E-state index is 0.117. The number of thiophene rings is 1. The predicted molar refractivity (Wildman–Crippen MR) is 110 cm³/mol. The van der Waals surface area contributed by atoms with Crippen LogP contribution in [0.15, 0.2) is 70.9 Å². The molecular formula is C20H15FN2O4S2. The molecule has 0 fully saturated rings. The molecule has 2 aromatic heterocycles. The highest BCUT2D eigenvalue weighted by Crippen LogP contribution is 2.42. The number of halogens is 1. The van der Waals surface area contributed by atoms with E-state index in [1.54, 1.807) is 6.07 Å². The summed E-state index contributed by atoms with van der Waals surface area (Å²) in [6.45, 7) is -0.565.